The Morgan fingerprint density at radius 2 is 2.05 bits per heavy atom. The molecule has 0 radical (unpaired) electrons. The number of hydrogen-bond donors (Lipinski definition) is 2. The molecule has 0 atom stereocenters. The third-order valence-electron chi connectivity index (χ3n) is 2.96. The van der Waals surface area contributed by atoms with Crippen LogP contribution < -0.4 is 0 Å². The largest absolute Gasteiger partial charge is 0.508 e. The van der Waals surface area contributed by atoms with Crippen LogP contribution in [0.3, 0.4) is 0 Å². The monoisotopic (exact) mass is 374 g/mol. The Bertz CT molecular complexity index is 900. The minimum absolute atomic E-state index is 0.186. The summed E-state index contributed by atoms with van der Waals surface area (Å²) in [5, 5.41) is 20.8. The van der Waals surface area contributed by atoms with E-state index in [1.165, 1.54) is 0 Å². The minimum Gasteiger partial charge on any atom is -0.508 e. The lowest BCUT2D eigenvalue weighted by molar-refractivity contribution is 0.475. The highest BCUT2D eigenvalue weighted by atomic mass is 79.9. The first-order valence-electron chi connectivity index (χ1n) is 6.41. The number of hydrogen-bond acceptors (Lipinski definition) is 4. The number of H-pyrrole nitrogens is 1. The van der Waals surface area contributed by atoms with Gasteiger partial charge in [-0.05, 0) is 42.0 Å². The number of aromatic hydroxyl groups is 1. The van der Waals surface area contributed by atoms with E-state index in [0.29, 0.717) is 10.6 Å². The van der Waals surface area contributed by atoms with Gasteiger partial charge in [0.15, 0.2) is 5.82 Å². The summed E-state index contributed by atoms with van der Waals surface area (Å²) in [6.07, 6.45) is 1.62. The molecule has 5 nitrogen and oxygen atoms in total. The van der Waals surface area contributed by atoms with Crippen molar-refractivity contribution in [2.45, 2.75) is 0 Å². The summed E-state index contributed by atoms with van der Waals surface area (Å²) in [7, 11) is 0. The van der Waals surface area contributed by atoms with Crippen molar-refractivity contribution in [1.82, 2.24) is 14.9 Å². The molecule has 0 bridgehead atoms. The van der Waals surface area contributed by atoms with Gasteiger partial charge in [0.25, 0.3) is 0 Å². The summed E-state index contributed by atoms with van der Waals surface area (Å²) in [6, 6.07) is 14.5. The molecule has 0 fully saturated rings. The van der Waals surface area contributed by atoms with Crippen molar-refractivity contribution in [3.8, 4) is 17.1 Å². The van der Waals surface area contributed by atoms with E-state index in [0.717, 1.165) is 15.6 Å². The van der Waals surface area contributed by atoms with Crippen LogP contribution in [0.25, 0.3) is 11.4 Å². The highest BCUT2D eigenvalue weighted by Crippen LogP contribution is 2.26. The number of phenolic OH excluding ortho intramolecular Hbond substituents is 1. The first-order valence-corrected chi connectivity index (χ1v) is 7.61. The summed E-state index contributed by atoms with van der Waals surface area (Å²) in [5.74, 6) is 0.791. The lowest BCUT2D eigenvalue weighted by Gasteiger charge is -2.03. The van der Waals surface area contributed by atoms with Crippen LogP contribution in [-0.4, -0.2) is 26.2 Å². The molecule has 2 N–H and O–H groups in total. The third-order valence-corrected chi connectivity index (χ3v) is 3.91. The molecule has 3 aromatic rings. The normalized spacial score (nSPS) is 11.1. The van der Waals surface area contributed by atoms with Crippen molar-refractivity contribution in [2.24, 2.45) is 5.10 Å². The zero-order valence-electron chi connectivity index (χ0n) is 11.3. The first-order chi connectivity index (χ1) is 10.6. The van der Waals surface area contributed by atoms with Crippen molar-refractivity contribution >= 4 is 34.4 Å². The van der Waals surface area contributed by atoms with E-state index in [9.17, 15) is 5.11 Å². The van der Waals surface area contributed by atoms with Crippen LogP contribution in [0.1, 0.15) is 5.56 Å². The van der Waals surface area contributed by atoms with Gasteiger partial charge in [0.1, 0.15) is 5.75 Å². The third kappa shape index (κ3) is 3.00. The predicted molar refractivity (Wildman–Crippen MR) is 91.6 cm³/mol. The van der Waals surface area contributed by atoms with E-state index in [1.54, 1.807) is 29.1 Å². The number of nitrogens with one attached hydrogen (secondary N) is 1. The standard InChI is InChI=1S/C15H11BrN4OS/c16-13-7-2-1-6-12(13)14-18-19-15(22)20(14)17-9-10-4-3-5-11(21)8-10/h1-9,21H,(H,19,22)/b17-9+. The molecule has 0 unspecified atom stereocenters. The summed E-state index contributed by atoms with van der Waals surface area (Å²) >= 11 is 8.72. The summed E-state index contributed by atoms with van der Waals surface area (Å²) in [6.45, 7) is 0. The Hall–Kier alpha value is -2.25. The number of nitrogens with zero attached hydrogens (tertiary/aromatic N) is 3. The summed E-state index contributed by atoms with van der Waals surface area (Å²) in [5.41, 5.74) is 1.64. The van der Waals surface area contributed by atoms with Crippen molar-refractivity contribution in [1.29, 1.82) is 0 Å². The molecule has 110 valence electrons. The van der Waals surface area contributed by atoms with Gasteiger partial charge < -0.3 is 5.11 Å². The highest BCUT2D eigenvalue weighted by molar-refractivity contribution is 9.10. The molecule has 3 rings (SSSR count). The van der Waals surface area contributed by atoms with E-state index in [2.05, 4.69) is 31.2 Å². The van der Waals surface area contributed by atoms with Gasteiger partial charge >= 0.3 is 0 Å². The SMILES string of the molecule is Oc1cccc(/C=N/n2c(-c3ccccc3Br)n[nH]c2=S)c1. The maximum atomic E-state index is 9.48. The average Bonchev–Trinajstić information content (AvgIpc) is 2.87. The second kappa shape index (κ2) is 6.25. The molecule has 0 spiro atoms. The van der Waals surface area contributed by atoms with Gasteiger partial charge in [0.2, 0.25) is 4.77 Å². The predicted octanol–water partition coefficient (Wildman–Crippen LogP) is 3.96. The number of halogens is 1. The molecule has 0 saturated heterocycles. The summed E-state index contributed by atoms with van der Waals surface area (Å²) in [4.78, 5) is 0. The van der Waals surface area contributed by atoms with E-state index in [-0.39, 0.29) is 5.75 Å². The first kappa shape index (κ1) is 14.7. The van der Waals surface area contributed by atoms with Crippen molar-refractivity contribution < 1.29 is 5.11 Å². The van der Waals surface area contributed by atoms with Gasteiger partial charge in [-0.1, -0.05) is 40.2 Å². The fourth-order valence-corrected chi connectivity index (χ4v) is 2.59. The zero-order chi connectivity index (χ0) is 15.5. The Kier molecular flexibility index (Phi) is 4.17. The molecule has 0 saturated carbocycles. The Morgan fingerprint density at radius 3 is 2.82 bits per heavy atom. The molecule has 0 aliphatic carbocycles. The number of rotatable bonds is 3. The smallest absolute Gasteiger partial charge is 0.216 e. The molecular weight excluding hydrogens is 364 g/mol. The van der Waals surface area contributed by atoms with Gasteiger partial charge in [0.05, 0.1) is 6.21 Å². The molecule has 0 amide bonds. The lowest BCUT2D eigenvalue weighted by Crippen LogP contribution is -1.95. The highest BCUT2D eigenvalue weighted by Gasteiger charge is 2.10. The van der Waals surface area contributed by atoms with Gasteiger partial charge in [0, 0.05) is 10.0 Å². The fraction of sp³-hybridized carbons (Fsp3) is 0. The molecule has 0 aliphatic heterocycles. The average molecular weight is 375 g/mol. The molecule has 2 aromatic carbocycles. The molecule has 0 aliphatic rings. The van der Waals surface area contributed by atoms with E-state index in [1.807, 2.05) is 30.3 Å². The number of benzene rings is 2. The number of aromatic nitrogens is 3. The second-order valence-electron chi connectivity index (χ2n) is 4.48. The molecule has 22 heavy (non-hydrogen) atoms. The fourth-order valence-electron chi connectivity index (χ4n) is 1.95. The molecule has 1 aromatic heterocycles. The zero-order valence-corrected chi connectivity index (χ0v) is 13.7. The van der Waals surface area contributed by atoms with Crippen LogP contribution in [0.2, 0.25) is 0 Å². The molecule has 7 heteroatoms. The van der Waals surface area contributed by atoms with Crippen LogP contribution in [0.5, 0.6) is 5.75 Å². The van der Waals surface area contributed by atoms with Gasteiger partial charge in [-0.25, -0.2) is 5.10 Å². The van der Waals surface area contributed by atoms with Gasteiger partial charge in [-0.3, -0.25) is 0 Å². The topological polar surface area (TPSA) is 66.2 Å². The van der Waals surface area contributed by atoms with E-state index in [4.69, 9.17) is 12.2 Å². The Morgan fingerprint density at radius 1 is 1.23 bits per heavy atom. The number of aromatic amines is 1. The minimum atomic E-state index is 0.186. The Labute approximate surface area is 140 Å². The summed E-state index contributed by atoms with van der Waals surface area (Å²) < 4.78 is 2.83. The molecular formula is C15H11BrN4OS. The van der Waals surface area contributed by atoms with Crippen molar-refractivity contribution in [3.05, 3.63) is 63.3 Å². The molecule has 1 heterocycles. The van der Waals surface area contributed by atoms with Crippen LogP contribution in [0, 0.1) is 4.77 Å². The van der Waals surface area contributed by atoms with Crippen molar-refractivity contribution in [2.75, 3.05) is 0 Å². The Balaban J connectivity index is 2.04. The maximum absolute atomic E-state index is 9.48. The number of phenols is 1. The van der Waals surface area contributed by atoms with Crippen LogP contribution >= 0.6 is 28.1 Å². The van der Waals surface area contributed by atoms with Crippen LogP contribution in [0.4, 0.5) is 0 Å². The van der Waals surface area contributed by atoms with E-state index < -0.39 is 0 Å². The van der Waals surface area contributed by atoms with Crippen molar-refractivity contribution in [3.63, 3.8) is 0 Å². The van der Waals surface area contributed by atoms with Gasteiger partial charge in [-0.15, -0.1) is 0 Å². The van der Waals surface area contributed by atoms with Gasteiger partial charge in [-0.2, -0.15) is 14.9 Å². The van der Waals surface area contributed by atoms with Crippen LogP contribution in [-0.2, 0) is 0 Å². The second-order valence-corrected chi connectivity index (χ2v) is 5.72. The van der Waals surface area contributed by atoms with E-state index >= 15 is 0 Å². The maximum Gasteiger partial charge on any atom is 0.216 e. The lowest BCUT2D eigenvalue weighted by atomic mass is 10.2. The quantitative estimate of drug-likeness (QED) is 0.538. The van der Waals surface area contributed by atoms with Crippen LogP contribution in [0.15, 0.2) is 58.1 Å².